The van der Waals surface area contributed by atoms with Crippen molar-refractivity contribution in [1.82, 2.24) is 4.57 Å². The molecule has 2 aromatic rings. The predicted octanol–water partition coefficient (Wildman–Crippen LogP) is 3.26. The van der Waals surface area contributed by atoms with Crippen molar-refractivity contribution in [2.75, 3.05) is 0 Å². The number of benzene rings is 1. The van der Waals surface area contributed by atoms with Crippen LogP contribution in [0.4, 0.5) is 4.39 Å². The van der Waals surface area contributed by atoms with Crippen LogP contribution in [0.2, 0.25) is 0 Å². The minimum atomic E-state index is -0.196. The van der Waals surface area contributed by atoms with Gasteiger partial charge < -0.3 is 10.3 Å². The SMILES string of the molecule is Cc1ccc(F)cc1-n1ccc2c1CCCC2N. The van der Waals surface area contributed by atoms with Crippen LogP contribution in [0.3, 0.4) is 0 Å². The maximum Gasteiger partial charge on any atom is 0.125 e. The molecule has 0 fully saturated rings. The van der Waals surface area contributed by atoms with Crippen molar-refractivity contribution >= 4 is 0 Å². The van der Waals surface area contributed by atoms with Gasteiger partial charge in [-0.1, -0.05) is 6.07 Å². The minimum Gasteiger partial charge on any atom is -0.324 e. The first-order valence-electron chi connectivity index (χ1n) is 6.39. The Bertz CT molecular complexity index is 586. The van der Waals surface area contributed by atoms with Gasteiger partial charge in [-0.3, -0.25) is 0 Å². The molecule has 1 aliphatic carbocycles. The highest BCUT2D eigenvalue weighted by Gasteiger charge is 2.21. The van der Waals surface area contributed by atoms with Crippen LogP contribution in [0.25, 0.3) is 5.69 Å². The zero-order valence-electron chi connectivity index (χ0n) is 10.5. The molecule has 1 aliphatic rings. The van der Waals surface area contributed by atoms with Crippen LogP contribution in [0.1, 0.15) is 35.7 Å². The van der Waals surface area contributed by atoms with Crippen LogP contribution in [0.5, 0.6) is 0 Å². The molecule has 1 aromatic carbocycles. The summed E-state index contributed by atoms with van der Waals surface area (Å²) in [5, 5.41) is 0. The molecular weight excluding hydrogens is 227 g/mol. The van der Waals surface area contributed by atoms with Gasteiger partial charge in [0.25, 0.3) is 0 Å². The van der Waals surface area contributed by atoms with Gasteiger partial charge in [0.05, 0.1) is 5.69 Å². The third-order valence-corrected chi connectivity index (χ3v) is 3.79. The number of hydrogen-bond donors (Lipinski definition) is 1. The van der Waals surface area contributed by atoms with Crippen molar-refractivity contribution in [3.05, 3.63) is 53.1 Å². The molecule has 0 spiro atoms. The van der Waals surface area contributed by atoms with E-state index in [1.807, 2.05) is 19.2 Å². The first-order valence-corrected chi connectivity index (χ1v) is 6.39. The Kier molecular flexibility index (Phi) is 2.71. The first-order chi connectivity index (χ1) is 8.66. The molecular formula is C15H17FN2. The van der Waals surface area contributed by atoms with E-state index < -0.39 is 0 Å². The van der Waals surface area contributed by atoms with E-state index >= 15 is 0 Å². The summed E-state index contributed by atoms with van der Waals surface area (Å²) in [7, 11) is 0. The Morgan fingerprint density at radius 3 is 3.00 bits per heavy atom. The highest BCUT2D eigenvalue weighted by molar-refractivity contribution is 5.45. The molecule has 0 saturated carbocycles. The first kappa shape index (κ1) is 11.5. The molecule has 1 heterocycles. The lowest BCUT2D eigenvalue weighted by Crippen LogP contribution is -2.18. The van der Waals surface area contributed by atoms with E-state index in [0.29, 0.717) is 0 Å². The molecule has 3 rings (SSSR count). The fraction of sp³-hybridized carbons (Fsp3) is 0.333. The third-order valence-electron chi connectivity index (χ3n) is 3.79. The average molecular weight is 244 g/mol. The molecule has 0 aliphatic heterocycles. The number of nitrogens with zero attached hydrogens (tertiary/aromatic N) is 1. The van der Waals surface area contributed by atoms with E-state index in [2.05, 4.69) is 10.6 Å². The van der Waals surface area contributed by atoms with E-state index in [9.17, 15) is 4.39 Å². The number of aryl methyl sites for hydroxylation is 1. The van der Waals surface area contributed by atoms with E-state index in [1.54, 1.807) is 6.07 Å². The summed E-state index contributed by atoms with van der Waals surface area (Å²) in [6.07, 6.45) is 5.18. The lowest BCUT2D eigenvalue weighted by Gasteiger charge is -2.21. The third kappa shape index (κ3) is 1.75. The van der Waals surface area contributed by atoms with Crippen molar-refractivity contribution in [3.63, 3.8) is 0 Å². The molecule has 2 N–H and O–H groups in total. The molecule has 1 aromatic heterocycles. The molecule has 0 amide bonds. The van der Waals surface area contributed by atoms with E-state index in [-0.39, 0.29) is 11.9 Å². The topological polar surface area (TPSA) is 30.9 Å². The Morgan fingerprint density at radius 2 is 2.17 bits per heavy atom. The van der Waals surface area contributed by atoms with Gasteiger partial charge in [0.15, 0.2) is 0 Å². The van der Waals surface area contributed by atoms with Crippen molar-refractivity contribution in [1.29, 1.82) is 0 Å². The van der Waals surface area contributed by atoms with Crippen molar-refractivity contribution < 1.29 is 4.39 Å². The van der Waals surface area contributed by atoms with Gasteiger partial charge in [-0.25, -0.2) is 4.39 Å². The van der Waals surface area contributed by atoms with Crippen molar-refractivity contribution in [2.45, 2.75) is 32.2 Å². The zero-order valence-corrected chi connectivity index (χ0v) is 10.5. The molecule has 18 heavy (non-hydrogen) atoms. The quantitative estimate of drug-likeness (QED) is 0.820. The van der Waals surface area contributed by atoms with Gasteiger partial charge in [-0.2, -0.15) is 0 Å². The molecule has 1 atom stereocenters. The lowest BCUT2D eigenvalue weighted by molar-refractivity contribution is 0.559. The highest BCUT2D eigenvalue weighted by Crippen LogP contribution is 2.31. The van der Waals surface area contributed by atoms with Crippen LogP contribution >= 0.6 is 0 Å². The number of aromatic nitrogens is 1. The fourth-order valence-electron chi connectivity index (χ4n) is 2.80. The average Bonchev–Trinajstić information content (AvgIpc) is 2.77. The molecule has 0 bridgehead atoms. The number of hydrogen-bond acceptors (Lipinski definition) is 1. The van der Waals surface area contributed by atoms with E-state index in [0.717, 1.165) is 30.5 Å². The second kappa shape index (κ2) is 4.25. The monoisotopic (exact) mass is 244 g/mol. The Labute approximate surface area is 106 Å². The molecule has 94 valence electrons. The van der Waals surface area contributed by atoms with Gasteiger partial charge in [-0.15, -0.1) is 0 Å². The Balaban J connectivity index is 2.15. The highest BCUT2D eigenvalue weighted by atomic mass is 19.1. The van der Waals surface area contributed by atoms with E-state index in [4.69, 9.17) is 5.73 Å². The van der Waals surface area contributed by atoms with Gasteiger partial charge in [0.1, 0.15) is 5.82 Å². The maximum atomic E-state index is 13.4. The largest absolute Gasteiger partial charge is 0.324 e. The van der Waals surface area contributed by atoms with Crippen LogP contribution in [0.15, 0.2) is 30.5 Å². The summed E-state index contributed by atoms with van der Waals surface area (Å²) in [5.41, 5.74) is 10.6. The molecule has 3 heteroatoms. The van der Waals surface area contributed by atoms with Crippen LogP contribution < -0.4 is 5.73 Å². The second-order valence-electron chi connectivity index (χ2n) is 5.02. The molecule has 0 radical (unpaired) electrons. The number of rotatable bonds is 1. The van der Waals surface area contributed by atoms with Crippen LogP contribution in [-0.2, 0) is 6.42 Å². The molecule has 0 saturated heterocycles. The summed E-state index contributed by atoms with van der Waals surface area (Å²) >= 11 is 0. The number of halogens is 1. The lowest BCUT2D eigenvalue weighted by atomic mass is 9.93. The fourth-order valence-corrected chi connectivity index (χ4v) is 2.80. The van der Waals surface area contributed by atoms with Gasteiger partial charge >= 0.3 is 0 Å². The summed E-state index contributed by atoms with van der Waals surface area (Å²) in [5.74, 6) is -0.196. The summed E-state index contributed by atoms with van der Waals surface area (Å²) in [6.45, 7) is 2.00. The molecule has 1 unspecified atom stereocenters. The van der Waals surface area contributed by atoms with Crippen LogP contribution in [-0.4, -0.2) is 4.57 Å². The molecule has 2 nitrogen and oxygen atoms in total. The van der Waals surface area contributed by atoms with Gasteiger partial charge in [-0.05, 0) is 55.5 Å². The maximum absolute atomic E-state index is 13.4. The van der Waals surface area contributed by atoms with E-state index in [1.165, 1.54) is 17.3 Å². The number of nitrogens with two attached hydrogens (primary N) is 1. The smallest absolute Gasteiger partial charge is 0.125 e. The van der Waals surface area contributed by atoms with Crippen molar-refractivity contribution in [3.8, 4) is 5.69 Å². The second-order valence-corrected chi connectivity index (χ2v) is 5.02. The van der Waals surface area contributed by atoms with Crippen LogP contribution in [0, 0.1) is 12.7 Å². The summed E-state index contributed by atoms with van der Waals surface area (Å²) in [4.78, 5) is 0. The Hall–Kier alpha value is -1.61. The zero-order chi connectivity index (χ0) is 12.7. The van der Waals surface area contributed by atoms with Crippen molar-refractivity contribution in [2.24, 2.45) is 5.73 Å². The summed E-state index contributed by atoms with van der Waals surface area (Å²) in [6, 6.07) is 7.11. The standard InChI is InChI=1S/C15H17FN2/c1-10-5-6-11(16)9-15(10)18-8-7-12-13(17)3-2-4-14(12)18/h5-9,13H,2-4,17H2,1H3. The van der Waals surface area contributed by atoms with Gasteiger partial charge in [0, 0.05) is 17.9 Å². The predicted molar refractivity (Wildman–Crippen MR) is 70.3 cm³/mol. The Morgan fingerprint density at radius 1 is 1.33 bits per heavy atom. The summed E-state index contributed by atoms with van der Waals surface area (Å²) < 4.78 is 15.5. The van der Waals surface area contributed by atoms with Gasteiger partial charge in [0.2, 0.25) is 0 Å². The number of fused-ring (bicyclic) bond motifs is 1. The normalized spacial score (nSPS) is 18.7. The minimum absolute atomic E-state index is 0.129.